The zero-order valence-corrected chi connectivity index (χ0v) is 14.1. The summed E-state index contributed by atoms with van der Waals surface area (Å²) in [5, 5.41) is 2.74. The van der Waals surface area contributed by atoms with Gasteiger partial charge in [-0.15, -0.1) is 0 Å². The molecule has 2 aromatic rings. The Morgan fingerprint density at radius 2 is 1.56 bits per heavy atom. The Hall–Kier alpha value is -3.02. The van der Waals surface area contributed by atoms with Crippen LogP contribution >= 0.6 is 0 Å². The van der Waals surface area contributed by atoms with Crippen LogP contribution in [0.1, 0.15) is 12.8 Å². The first-order valence-corrected chi connectivity index (χ1v) is 7.95. The van der Waals surface area contributed by atoms with E-state index in [-0.39, 0.29) is 18.7 Å². The molecule has 1 N–H and O–H groups in total. The molecule has 6 heteroatoms. The molecule has 0 spiro atoms. The highest BCUT2D eigenvalue weighted by Gasteiger charge is 2.10. The number of methoxy groups -OCH3 is 1. The van der Waals surface area contributed by atoms with Gasteiger partial charge in [-0.2, -0.15) is 0 Å². The third-order valence-electron chi connectivity index (χ3n) is 3.30. The van der Waals surface area contributed by atoms with Crippen LogP contribution in [0.4, 0.5) is 5.69 Å². The number of nitrogens with one attached hydrogen (secondary N) is 1. The van der Waals surface area contributed by atoms with Gasteiger partial charge in [0, 0.05) is 6.42 Å². The van der Waals surface area contributed by atoms with Crippen molar-refractivity contribution in [3.05, 3.63) is 54.6 Å². The van der Waals surface area contributed by atoms with Crippen LogP contribution in [0.2, 0.25) is 0 Å². The van der Waals surface area contributed by atoms with Gasteiger partial charge in [0.05, 0.1) is 19.2 Å². The highest BCUT2D eigenvalue weighted by Crippen LogP contribution is 2.24. The van der Waals surface area contributed by atoms with Crippen LogP contribution in [0, 0.1) is 0 Å². The summed E-state index contributed by atoms with van der Waals surface area (Å²) in [4.78, 5) is 23.0. The Labute approximate surface area is 146 Å². The number of rotatable bonds is 9. The topological polar surface area (TPSA) is 73.9 Å². The molecule has 0 aliphatic carbocycles. The van der Waals surface area contributed by atoms with Crippen molar-refractivity contribution < 1.29 is 23.8 Å². The molecule has 0 bridgehead atoms. The number of carbonyl (C=O) groups excluding carboxylic acids is 2. The lowest BCUT2D eigenvalue weighted by molar-refractivity contribution is -0.141. The lowest BCUT2D eigenvalue weighted by atomic mass is 10.2. The molecule has 0 atom stereocenters. The van der Waals surface area contributed by atoms with Crippen molar-refractivity contribution in [1.82, 2.24) is 0 Å². The average molecular weight is 343 g/mol. The number of amides is 1. The lowest BCUT2D eigenvalue weighted by Crippen LogP contribution is -2.15. The molecule has 0 saturated carbocycles. The summed E-state index contributed by atoms with van der Waals surface area (Å²) in [5.41, 5.74) is 0.553. The number of ether oxygens (including phenoxy) is 3. The molecule has 0 aliphatic heterocycles. The van der Waals surface area contributed by atoms with E-state index in [9.17, 15) is 9.59 Å². The fourth-order valence-electron chi connectivity index (χ4n) is 2.05. The molecular weight excluding hydrogens is 322 g/mol. The minimum Gasteiger partial charge on any atom is -0.490 e. The van der Waals surface area contributed by atoms with Crippen molar-refractivity contribution >= 4 is 17.6 Å². The summed E-state index contributed by atoms with van der Waals surface area (Å²) in [6, 6.07) is 16.6. The number of hydrogen-bond donors (Lipinski definition) is 1. The number of carbonyl (C=O) groups is 2. The minimum atomic E-state index is -0.419. The smallest absolute Gasteiger partial charge is 0.306 e. The number of para-hydroxylation sites is 3. The molecule has 0 radical (unpaired) electrons. The number of benzene rings is 2. The van der Waals surface area contributed by atoms with E-state index in [0.717, 1.165) is 5.75 Å². The molecule has 132 valence electrons. The number of esters is 1. The predicted molar refractivity (Wildman–Crippen MR) is 93.8 cm³/mol. The van der Waals surface area contributed by atoms with Crippen LogP contribution in [-0.4, -0.2) is 32.2 Å². The summed E-state index contributed by atoms with van der Waals surface area (Å²) >= 11 is 0. The van der Waals surface area contributed by atoms with Crippen molar-refractivity contribution in [3.8, 4) is 11.5 Å². The normalized spacial score (nSPS) is 9.96. The first-order valence-electron chi connectivity index (χ1n) is 7.95. The molecule has 0 heterocycles. The van der Waals surface area contributed by atoms with Crippen molar-refractivity contribution in [2.45, 2.75) is 12.8 Å². The van der Waals surface area contributed by atoms with Gasteiger partial charge in [-0.05, 0) is 24.3 Å². The Morgan fingerprint density at radius 3 is 2.32 bits per heavy atom. The summed E-state index contributed by atoms with van der Waals surface area (Å²) in [6.07, 6.45) is 0.0917. The van der Waals surface area contributed by atoms with Gasteiger partial charge in [0.1, 0.15) is 24.7 Å². The van der Waals surface area contributed by atoms with Gasteiger partial charge < -0.3 is 19.5 Å². The zero-order valence-electron chi connectivity index (χ0n) is 14.1. The van der Waals surface area contributed by atoms with E-state index >= 15 is 0 Å². The molecule has 2 rings (SSSR count). The van der Waals surface area contributed by atoms with E-state index in [2.05, 4.69) is 10.1 Å². The largest absolute Gasteiger partial charge is 0.490 e. The fraction of sp³-hybridized carbons (Fsp3) is 0.263. The van der Waals surface area contributed by atoms with Gasteiger partial charge in [-0.1, -0.05) is 30.3 Å². The molecular formula is C19H21NO5. The first-order chi connectivity index (χ1) is 12.2. The molecule has 0 unspecified atom stereocenters. The van der Waals surface area contributed by atoms with E-state index in [1.165, 1.54) is 7.11 Å². The van der Waals surface area contributed by atoms with Crippen LogP contribution in [0.25, 0.3) is 0 Å². The van der Waals surface area contributed by atoms with E-state index in [1.807, 2.05) is 36.4 Å². The maximum absolute atomic E-state index is 11.9. The quantitative estimate of drug-likeness (QED) is 0.559. The van der Waals surface area contributed by atoms with Crippen molar-refractivity contribution in [3.63, 3.8) is 0 Å². The van der Waals surface area contributed by atoms with E-state index in [4.69, 9.17) is 9.47 Å². The third kappa shape index (κ3) is 6.55. The molecule has 0 saturated heterocycles. The number of anilines is 1. The molecule has 1 amide bonds. The SMILES string of the molecule is COC(=O)CCC(=O)Nc1ccccc1OCCOc1ccccc1. The molecule has 25 heavy (non-hydrogen) atoms. The second kappa shape index (κ2) is 9.97. The lowest BCUT2D eigenvalue weighted by Gasteiger charge is -2.13. The molecule has 0 aliphatic rings. The van der Waals surface area contributed by atoms with Crippen molar-refractivity contribution in [2.75, 3.05) is 25.6 Å². The van der Waals surface area contributed by atoms with Crippen molar-refractivity contribution in [1.29, 1.82) is 0 Å². The first kappa shape index (κ1) is 18.3. The Balaban J connectivity index is 1.81. The standard InChI is InChI=1S/C19H21NO5/c1-23-19(22)12-11-18(21)20-16-9-5-6-10-17(16)25-14-13-24-15-7-3-2-4-8-15/h2-10H,11-14H2,1H3,(H,20,21). The fourth-order valence-corrected chi connectivity index (χ4v) is 2.05. The molecule has 6 nitrogen and oxygen atoms in total. The maximum atomic E-state index is 11.9. The Bertz CT molecular complexity index is 687. The van der Waals surface area contributed by atoms with Gasteiger partial charge >= 0.3 is 5.97 Å². The summed E-state index contributed by atoms with van der Waals surface area (Å²) in [6.45, 7) is 0.721. The molecule has 2 aromatic carbocycles. The van der Waals surface area contributed by atoms with Crippen LogP contribution in [0.15, 0.2) is 54.6 Å². The monoisotopic (exact) mass is 343 g/mol. The second-order valence-corrected chi connectivity index (χ2v) is 5.13. The zero-order chi connectivity index (χ0) is 17.9. The predicted octanol–water partition coefficient (Wildman–Crippen LogP) is 3.04. The minimum absolute atomic E-state index is 0.0380. The average Bonchev–Trinajstić information content (AvgIpc) is 2.65. The highest BCUT2D eigenvalue weighted by atomic mass is 16.5. The van der Waals surface area contributed by atoms with E-state index in [0.29, 0.717) is 24.7 Å². The van der Waals surface area contributed by atoms with Crippen LogP contribution in [0.5, 0.6) is 11.5 Å². The van der Waals surface area contributed by atoms with Gasteiger partial charge in [0.2, 0.25) is 5.91 Å². The van der Waals surface area contributed by atoms with Crippen LogP contribution in [-0.2, 0) is 14.3 Å². The van der Waals surface area contributed by atoms with Gasteiger partial charge in [0.25, 0.3) is 0 Å². The van der Waals surface area contributed by atoms with Gasteiger partial charge in [0.15, 0.2) is 0 Å². The van der Waals surface area contributed by atoms with E-state index in [1.54, 1.807) is 18.2 Å². The highest BCUT2D eigenvalue weighted by molar-refractivity contribution is 5.93. The molecule has 0 fully saturated rings. The summed E-state index contributed by atoms with van der Waals surface area (Å²) in [5.74, 6) is 0.626. The van der Waals surface area contributed by atoms with Crippen LogP contribution in [0.3, 0.4) is 0 Å². The van der Waals surface area contributed by atoms with Crippen molar-refractivity contribution in [2.24, 2.45) is 0 Å². The Morgan fingerprint density at radius 1 is 0.880 bits per heavy atom. The Kier molecular flexibility index (Phi) is 7.31. The van der Waals surface area contributed by atoms with Gasteiger partial charge in [-0.3, -0.25) is 9.59 Å². The maximum Gasteiger partial charge on any atom is 0.306 e. The second-order valence-electron chi connectivity index (χ2n) is 5.13. The molecule has 0 aromatic heterocycles. The number of hydrogen-bond acceptors (Lipinski definition) is 5. The third-order valence-corrected chi connectivity index (χ3v) is 3.30. The summed E-state index contributed by atoms with van der Waals surface area (Å²) in [7, 11) is 1.29. The van der Waals surface area contributed by atoms with Crippen LogP contribution < -0.4 is 14.8 Å². The van der Waals surface area contributed by atoms with E-state index < -0.39 is 5.97 Å². The van der Waals surface area contributed by atoms with Gasteiger partial charge in [-0.25, -0.2) is 0 Å². The summed E-state index contributed by atoms with van der Waals surface area (Å²) < 4.78 is 15.8.